The topological polar surface area (TPSA) is 80.0 Å². The van der Waals surface area contributed by atoms with E-state index in [2.05, 4.69) is 15.6 Å². The van der Waals surface area contributed by atoms with Crippen LogP contribution in [0, 0.1) is 19.8 Å². The Morgan fingerprint density at radius 1 is 1.58 bits per heavy atom. The zero-order chi connectivity index (χ0) is 13.8. The van der Waals surface area contributed by atoms with Crippen LogP contribution in [0.5, 0.6) is 0 Å². The maximum Gasteiger partial charge on any atom is 0.252 e. The molecule has 1 atom stereocenters. The van der Waals surface area contributed by atoms with Gasteiger partial charge in [0.1, 0.15) is 0 Å². The van der Waals surface area contributed by atoms with E-state index in [4.69, 9.17) is 5.73 Å². The third-order valence-electron chi connectivity index (χ3n) is 3.55. The lowest BCUT2D eigenvalue weighted by atomic mass is 9.99. The Bertz CT molecular complexity index is 467. The van der Waals surface area contributed by atoms with Gasteiger partial charge >= 0.3 is 0 Å². The number of hydrogen-bond donors (Lipinski definition) is 3. The van der Waals surface area contributed by atoms with Crippen molar-refractivity contribution in [3.8, 4) is 0 Å². The first-order chi connectivity index (χ1) is 9.08. The van der Waals surface area contributed by atoms with Gasteiger partial charge in [-0.25, -0.2) is 0 Å². The van der Waals surface area contributed by atoms with E-state index >= 15 is 0 Å². The summed E-state index contributed by atoms with van der Waals surface area (Å²) < 4.78 is 0. The zero-order valence-electron chi connectivity index (χ0n) is 11.6. The number of nitrogens with one attached hydrogen (secondary N) is 2. The molecule has 2 rings (SSSR count). The van der Waals surface area contributed by atoms with Crippen molar-refractivity contribution in [1.29, 1.82) is 0 Å². The number of pyridine rings is 1. The van der Waals surface area contributed by atoms with E-state index < -0.39 is 5.91 Å². The van der Waals surface area contributed by atoms with Crippen LogP contribution in [0.25, 0.3) is 0 Å². The van der Waals surface area contributed by atoms with Gasteiger partial charge in [0.25, 0.3) is 5.91 Å². The van der Waals surface area contributed by atoms with Crippen LogP contribution in [0.3, 0.4) is 0 Å². The molecule has 5 nitrogen and oxygen atoms in total. The van der Waals surface area contributed by atoms with Crippen LogP contribution in [0.15, 0.2) is 6.07 Å². The van der Waals surface area contributed by atoms with Gasteiger partial charge in [0, 0.05) is 12.2 Å². The van der Waals surface area contributed by atoms with Crippen molar-refractivity contribution in [2.24, 2.45) is 11.7 Å². The summed E-state index contributed by atoms with van der Waals surface area (Å²) >= 11 is 0. The first-order valence-corrected chi connectivity index (χ1v) is 6.80. The summed E-state index contributed by atoms with van der Waals surface area (Å²) in [6.45, 7) is 6.74. The smallest absolute Gasteiger partial charge is 0.252 e. The van der Waals surface area contributed by atoms with Gasteiger partial charge in [-0.2, -0.15) is 0 Å². The van der Waals surface area contributed by atoms with E-state index in [1.807, 2.05) is 19.9 Å². The number of amides is 1. The van der Waals surface area contributed by atoms with Crippen LogP contribution in [0.1, 0.15) is 34.6 Å². The molecule has 104 valence electrons. The van der Waals surface area contributed by atoms with E-state index in [1.165, 1.54) is 12.8 Å². The molecule has 0 aromatic carbocycles. The number of piperidine rings is 1. The number of carbonyl (C=O) groups is 1. The number of carbonyl (C=O) groups excluding carboxylic acids is 1. The van der Waals surface area contributed by atoms with Gasteiger partial charge in [0.05, 0.1) is 16.9 Å². The third-order valence-corrected chi connectivity index (χ3v) is 3.55. The SMILES string of the molecule is Cc1cc(NCC2CCCNC2)c(C(N)=O)c(C)n1. The van der Waals surface area contributed by atoms with Gasteiger partial charge in [-0.05, 0) is 51.8 Å². The first kappa shape index (κ1) is 13.8. The fraction of sp³-hybridized carbons (Fsp3) is 0.571. The molecule has 1 aromatic rings. The summed E-state index contributed by atoms with van der Waals surface area (Å²) in [4.78, 5) is 15.8. The number of aryl methyl sites for hydroxylation is 2. The summed E-state index contributed by atoms with van der Waals surface area (Å²) in [7, 11) is 0. The highest BCUT2D eigenvalue weighted by Crippen LogP contribution is 2.20. The average molecular weight is 262 g/mol. The van der Waals surface area contributed by atoms with Gasteiger partial charge in [-0.15, -0.1) is 0 Å². The molecular weight excluding hydrogens is 240 g/mol. The first-order valence-electron chi connectivity index (χ1n) is 6.80. The fourth-order valence-electron chi connectivity index (χ4n) is 2.63. The molecule has 1 aromatic heterocycles. The molecule has 19 heavy (non-hydrogen) atoms. The highest BCUT2D eigenvalue weighted by Gasteiger charge is 2.16. The molecule has 1 aliphatic heterocycles. The number of hydrogen-bond acceptors (Lipinski definition) is 4. The highest BCUT2D eigenvalue weighted by atomic mass is 16.1. The zero-order valence-corrected chi connectivity index (χ0v) is 11.6. The molecule has 2 heterocycles. The van der Waals surface area contributed by atoms with Crippen LogP contribution < -0.4 is 16.4 Å². The highest BCUT2D eigenvalue weighted by molar-refractivity contribution is 5.99. The predicted molar refractivity (Wildman–Crippen MR) is 76.3 cm³/mol. The lowest BCUT2D eigenvalue weighted by molar-refractivity contribution is 0.1000. The van der Waals surface area contributed by atoms with Crippen molar-refractivity contribution in [1.82, 2.24) is 10.3 Å². The quantitative estimate of drug-likeness (QED) is 0.762. The molecule has 4 N–H and O–H groups in total. The minimum absolute atomic E-state index is 0.422. The Kier molecular flexibility index (Phi) is 4.37. The number of nitrogens with two attached hydrogens (primary N) is 1. The second-order valence-corrected chi connectivity index (χ2v) is 5.23. The van der Waals surface area contributed by atoms with Gasteiger partial charge in [0.15, 0.2) is 0 Å². The standard InChI is InChI=1S/C14H22N4O/c1-9-6-12(13(14(15)19)10(2)18-9)17-8-11-4-3-5-16-7-11/h6,11,16H,3-5,7-8H2,1-2H3,(H2,15,19)(H,17,18). The van der Waals surface area contributed by atoms with Crippen molar-refractivity contribution in [2.75, 3.05) is 25.0 Å². The molecule has 0 aliphatic carbocycles. The van der Waals surface area contributed by atoms with E-state index in [-0.39, 0.29) is 0 Å². The molecule has 0 spiro atoms. The molecule has 1 saturated heterocycles. The molecule has 5 heteroatoms. The van der Waals surface area contributed by atoms with Crippen molar-refractivity contribution >= 4 is 11.6 Å². The van der Waals surface area contributed by atoms with Crippen LogP contribution in [-0.4, -0.2) is 30.5 Å². The maximum atomic E-state index is 11.5. The molecule has 0 radical (unpaired) electrons. The fourth-order valence-corrected chi connectivity index (χ4v) is 2.63. The summed E-state index contributed by atoms with van der Waals surface area (Å²) in [5.41, 5.74) is 8.35. The minimum Gasteiger partial charge on any atom is -0.384 e. The van der Waals surface area contributed by atoms with E-state index in [9.17, 15) is 4.79 Å². The lowest BCUT2D eigenvalue weighted by Crippen LogP contribution is -2.34. The van der Waals surface area contributed by atoms with Crippen LogP contribution in [0.4, 0.5) is 5.69 Å². The van der Waals surface area contributed by atoms with Gasteiger partial charge < -0.3 is 16.4 Å². The predicted octanol–water partition coefficient (Wildman–Crippen LogP) is 1.21. The van der Waals surface area contributed by atoms with Crippen molar-refractivity contribution in [3.05, 3.63) is 23.0 Å². The normalized spacial score (nSPS) is 19.2. The van der Waals surface area contributed by atoms with Crippen molar-refractivity contribution in [2.45, 2.75) is 26.7 Å². The second kappa shape index (κ2) is 6.02. The van der Waals surface area contributed by atoms with Crippen LogP contribution in [-0.2, 0) is 0 Å². The molecule has 1 amide bonds. The summed E-state index contributed by atoms with van der Waals surface area (Å²) in [6.07, 6.45) is 2.43. The van der Waals surface area contributed by atoms with Gasteiger partial charge in [-0.1, -0.05) is 0 Å². The number of rotatable bonds is 4. The monoisotopic (exact) mass is 262 g/mol. The molecular formula is C14H22N4O. The van der Waals surface area contributed by atoms with E-state index in [1.54, 1.807) is 0 Å². The van der Waals surface area contributed by atoms with E-state index in [0.29, 0.717) is 17.2 Å². The number of nitrogens with zero attached hydrogens (tertiary/aromatic N) is 1. The Balaban J connectivity index is 2.12. The molecule has 1 unspecified atom stereocenters. The molecule has 1 fully saturated rings. The number of primary amides is 1. The number of aromatic nitrogens is 1. The Labute approximate surface area is 114 Å². The molecule has 0 bridgehead atoms. The molecule has 1 aliphatic rings. The van der Waals surface area contributed by atoms with Crippen LogP contribution in [0.2, 0.25) is 0 Å². The Hall–Kier alpha value is -1.62. The second-order valence-electron chi connectivity index (χ2n) is 5.23. The summed E-state index contributed by atoms with van der Waals surface area (Å²) in [5, 5.41) is 6.75. The third kappa shape index (κ3) is 3.44. The van der Waals surface area contributed by atoms with Gasteiger partial charge in [-0.3, -0.25) is 9.78 Å². The number of anilines is 1. The van der Waals surface area contributed by atoms with Crippen LogP contribution >= 0.6 is 0 Å². The van der Waals surface area contributed by atoms with Gasteiger partial charge in [0.2, 0.25) is 0 Å². The Morgan fingerprint density at radius 2 is 2.37 bits per heavy atom. The largest absolute Gasteiger partial charge is 0.384 e. The summed E-state index contributed by atoms with van der Waals surface area (Å²) in [6, 6.07) is 1.89. The minimum atomic E-state index is -0.422. The average Bonchev–Trinajstić information content (AvgIpc) is 2.36. The van der Waals surface area contributed by atoms with Crippen molar-refractivity contribution in [3.63, 3.8) is 0 Å². The Morgan fingerprint density at radius 3 is 3.00 bits per heavy atom. The summed E-state index contributed by atoms with van der Waals surface area (Å²) in [5.74, 6) is 0.178. The molecule has 0 saturated carbocycles. The van der Waals surface area contributed by atoms with Crippen molar-refractivity contribution < 1.29 is 4.79 Å². The maximum absolute atomic E-state index is 11.5. The lowest BCUT2D eigenvalue weighted by Gasteiger charge is -2.24. The van der Waals surface area contributed by atoms with E-state index in [0.717, 1.165) is 31.0 Å².